The highest BCUT2D eigenvalue weighted by Crippen LogP contribution is 2.28. The van der Waals surface area contributed by atoms with Gasteiger partial charge < -0.3 is 9.80 Å². The quantitative estimate of drug-likeness (QED) is 0.794. The maximum Gasteiger partial charge on any atom is 0.253 e. The molecule has 6 heteroatoms. The topological polar surface area (TPSA) is 23.6 Å². The number of likely N-dealkylation sites (N-methyl/N-ethyl adjacent to an activating group) is 2. The van der Waals surface area contributed by atoms with Crippen LogP contribution >= 0.6 is 35.6 Å². The molecule has 1 saturated carbocycles. The summed E-state index contributed by atoms with van der Waals surface area (Å²) in [6, 6.07) is 5.72. The van der Waals surface area contributed by atoms with Crippen LogP contribution in [0.3, 0.4) is 0 Å². The average molecular weight is 366 g/mol. The summed E-state index contributed by atoms with van der Waals surface area (Å²) in [5, 5.41) is 0.892. The van der Waals surface area contributed by atoms with Crippen molar-refractivity contribution in [3.63, 3.8) is 0 Å². The van der Waals surface area contributed by atoms with E-state index in [2.05, 4.69) is 19.0 Å². The monoisotopic (exact) mass is 364 g/mol. The summed E-state index contributed by atoms with van der Waals surface area (Å²) in [4.78, 5) is 16.8. The van der Waals surface area contributed by atoms with Gasteiger partial charge in [-0.2, -0.15) is 0 Å². The molecule has 0 aliphatic heterocycles. The number of carbonyl (C=O) groups excluding carboxylic acids is 1. The average Bonchev–Trinajstić information content (AvgIpc) is 2.48. The maximum atomic E-state index is 12.7. The Morgan fingerprint density at radius 3 is 2.18 bits per heavy atom. The molecule has 0 aromatic heterocycles. The second kappa shape index (κ2) is 8.39. The van der Waals surface area contributed by atoms with Gasteiger partial charge in [-0.25, -0.2) is 0 Å². The Balaban J connectivity index is 0.00000242. The van der Waals surface area contributed by atoms with Gasteiger partial charge in [0.05, 0.1) is 10.0 Å². The first-order valence-electron chi connectivity index (χ1n) is 7.30. The number of halogens is 3. The molecule has 0 bridgehead atoms. The number of benzene rings is 1. The number of hydrogen-bond acceptors (Lipinski definition) is 2. The summed E-state index contributed by atoms with van der Waals surface area (Å²) < 4.78 is 0. The van der Waals surface area contributed by atoms with Crippen molar-refractivity contribution in [2.24, 2.45) is 0 Å². The van der Waals surface area contributed by atoms with E-state index < -0.39 is 0 Å². The van der Waals surface area contributed by atoms with Gasteiger partial charge in [0, 0.05) is 24.7 Å². The van der Waals surface area contributed by atoms with Gasteiger partial charge in [-0.1, -0.05) is 36.0 Å². The Morgan fingerprint density at radius 1 is 1.05 bits per heavy atom. The molecule has 1 aliphatic carbocycles. The van der Waals surface area contributed by atoms with Gasteiger partial charge in [0.15, 0.2) is 0 Å². The molecule has 2 rings (SSSR count). The molecule has 0 radical (unpaired) electrons. The van der Waals surface area contributed by atoms with Crippen molar-refractivity contribution in [2.75, 3.05) is 21.1 Å². The Hall–Kier alpha value is -0.480. The van der Waals surface area contributed by atoms with Gasteiger partial charge in [0.1, 0.15) is 0 Å². The Bertz CT molecular complexity index is 522. The second-order valence-electron chi connectivity index (χ2n) is 5.93. The van der Waals surface area contributed by atoms with E-state index in [-0.39, 0.29) is 24.4 Å². The molecule has 124 valence electrons. The van der Waals surface area contributed by atoms with Gasteiger partial charge in [-0.15, -0.1) is 12.4 Å². The Kier molecular flexibility index (Phi) is 7.47. The van der Waals surface area contributed by atoms with Gasteiger partial charge >= 0.3 is 0 Å². The van der Waals surface area contributed by atoms with Crippen LogP contribution < -0.4 is 0 Å². The largest absolute Gasteiger partial charge is 0.337 e. The molecular formula is C16H23Cl3N2O. The molecule has 1 aliphatic rings. The van der Waals surface area contributed by atoms with E-state index in [0.29, 0.717) is 21.7 Å². The summed E-state index contributed by atoms with van der Waals surface area (Å²) in [5.74, 6) is 0.00677. The molecule has 3 nitrogen and oxygen atoms in total. The Morgan fingerprint density at radius 2 is 1.64 bits per heavy atom. The smallest absolute Gasteiger partial charge is 0.253 e. The highest BCUT2D eigenvalue weighted by molar-refractivity contribution is 6.42. The van der Waals surface area contributed by atoms with Crippen LogP contribution in [0.5, 0.6) is 0 Å². The van der Waals surface area contributed by atoms with Crippen LogP contribution in [0.15, 0.2) is 18.2 Å². The summed E-state index contributed by atoms with van der Waals surface area (Å²) in [7, 11) is 6.05. The van der Waals surface area contributed by atoms with Gasteiger partial charge in [-0.3, -0.25) is 4.79 Å². The molecule has 1 aromatic carbocycles. The normalized spacial score (nSPS) is 21.4. The standard InChI is InChI=1S/C16H22Cl2N2O.ClH/c1-19(2)14-6-4-5-7-15(14)20(3)16(21)11-8-9-12(17)13(18)10-11;/h8-10,14-15H,4-7H2,1-3H3;1H/t14-,15-;/m1./s1. The molecule has 0 unspecified atom stereocenters. The minimum Gasteiger partial charge on any atom is -0.337 e. The number of hydrogen-bond donors (Lipinski definition) is 0. The fourth-order valence-corrected chi connectivity index (χ4v) is 3.43. The third-order valence-electron chi connectivity index (χ3n) is 4.34. The SMILES string of the molecule is CN(C)[C@@H]1CCCC[C@H]1N(C)C(=O)c1ccc(Cl)c(Cl)c1.Cl. The van der Waals surface area contributed by atoms with E-state index in [1.54, 1.807) is 18.2 Å². The van der Waals surface area contributed by atoms with E-state index in [1.165, 1.54) is 12.8 Å². The second-order valence-corrected chi connectivity index (χ2v) is 6.74. The van der Waals surface area contributed by atoms with E-state index in [9.17, 15) is 4.79 Å². The van der Waals surface area contributed by atoms with E-state index >= 15 is 0 Å². The van der Waals surface area contributed by atoms with Crippen molar-refractivity contribution >= 4 is 41.5 Å². The molecule has 22 heavy (non-hydrogen) atoms. The van der Waals surface area contributed by atoms with Crippen molar-refractivity contribution in [1.29, 1.82) is 0 Å². The lowest BCUT2D eigenvalue weighted by Gasteiger charge is -2.41. The summed E-state index contributed by atoms with van der Waals surface area (Å²) in [6.07, 6.45) is 4.59. The number of amides is 1. The third kappa shape index (κ3) is 4.29. The number of rotatable bonds is 3. The van der Waals surface area contributed by atoms with Crippen LogP contribution in [0, 0.1) is 0 Å². The minimum atomic E-state index is 0. The predicted octanol–water partition coefficient (Wildman–Crippen LogP) is 4.36. The molecule has 1 aromatic rings. The molecule has 0 N–H and O–H groups in total. The fraction of sp³-hybridized carbons (Fsp3) is 0.562. The van der Waals surface area contributed by atoms with Crippen LogP contribution in [0.4, 0.5) is 0 Å². The van der Waals surface area contributed by atoms with Crippen LogP contribution in [0.1, 0.15) is 36.0 Å². The predicted molar refractivity (Wildman–Crippen MR) is 95.5 cm³/mol. The van der Waals surface area contributed by atoms with Gasteiger partial charge in [-0.05, 0) is 45.1 Å². The van der Waals surface area contributed by atoms with Crippen LogP contribution in [-0.2, 0) is 0 Å². The first kappa shape index (κ1) is 19.6. The highest BCUT2D eigenvalue weighted by Gasteiger charge is 2.32. The lowest BCUT2D eigenvalue weighted by Crippen LogP contribution is -2.51. The summed E-state index contributed by atoms with van der Waals surface area (Å²) >= 11 is 11.9. The third-order valence-corrected chi connectivity index (χ3v) is 5.08. The molecular weight excluding hydrogens is 343 g/mol. The first-order valence-corrected chi connectivity index (χ1v) is 8.06. The summed E-state index contributed by atoms with van der Waals surface area (Å²) in [6.45, 7) is 0. The van der Waals surface area contributed by atoms with Crippen LogP contribution in [0.2, 0.25) is 10.0 Å². The maximum absolute atomic E-state index is 12.7. The van der Waals surface area contributed by atoms with Crippen molar-refractivity contribution in [2.45, 2.75) is 37.8 Å². The zero-order valence-corrected chi connectivity index (χ0v) is 15.5. The highest BCUT2D eigenvalue weighted by atomic mass is 35.5. The van der Waals surface area contributed by atoms with Crippen molar-refractivity contribution in [3.05, 3.63) is 33.8 Å². The molecule has 1 amide bonds. The van der Waals surface area contributed by atoms with Crippen LogP contribution in [0.25, 0.3) is 0 Å². The summed E-state index contributed by atoms with van der Waals surface area (Å²) in [5.41, 5.74) is 0.593. The first-order chi connectivity index (χ1) is 9.91. The molecule has 1 fully saturated rings. The van der Waals surface area contributed by atoms with Crippen molar-refractivity contribution in [3.8, 4) is 0 Å². The van der Waals surface area contributed by atoms with Crippen molar-refractivity contribution in [1.82, 2.24) is 9.80 Å². The molecule has 0 spiro atoms. The van der Waals surface area contributed by atoms with Crippen LogP contribution in [-0.4, -0.2) is 48.9 Å². The zero-order chi connectivity index (χ0) is 15.6. The van der Waals surface area contributed by atoms with Gasteiger partial charge in [0.25, 0.3) is 5.91 Å². The Labute approximate surface area is 149 Å². The zero-order valence-electron chi connectivity index (χ0n) is 13.2. The number of nitrogens with zero attached hydrogens (tertiary/aromatic N) is 2. The molecule has 2 atom stereocenters. The van der Waals surface area contributed by atoms with Gasteiger partial charge in [0.2, 0.25) is 0 Å². The van der Waals surface area contributed by atoms with Crippen molar-refractivity contribution < 1.29 is 4.79 Å². The number of carbonyl (C=O) groups is 1. The molecule has 0 saturated heterocycles. The molecule has 0 heterocycles. The van der Waals surface area contributed by atoms with E-state index in [4.69, 9.17) is 23.2 Å². The lowest BCUT2D eigenvalue weighted by atomic mass is 9.88. The van der Waals surface area contributed by atoms with E-state index in [1.807, 2.05) is 11.9 Å². The fourth-order valence-electron chi connectivity index (χ4n) is 3.13. The lowest BCUT2D eigenvalue weighted by molar-refractivity contribution is 0.0544. The van der Waals surface area contributed by atoms with E-state index in [0.717, 1.165) is 12.8 Å². The minimum absolute atomic E-state index is 0.